The molecule has 2 aromatic heterocycles. The first-order valence-electron chi connectivity index (χ1n) is 29.5. The number of nitrogens with one attached hydrogen (secondary N) is 3. The summed E-state index contributed by atoms with van der Waals surface area (Å²) in [5.41, 5.74) is 0.953. The SMILES string of the molecule is C.C.C.CC1(C)NC(=O)N(c2nc3ccccc3n(C3C[C@H]4CCC[C@@H](C3)N4C3C[C@H]4CCC[C@@H](C3)C4)c2=O)C1=O.CC1(C)NC(=O)NC1=O.O=c1c(Cl)nc2ccccc2n1C1C[C@H]2CCC[C@@H](C1)N2C1C[C@H]2CCC[C@@H](C1)C2.[H-].[Na+]. The van der Waals surface area contributed by atoms with Crippen molar-refractivity contribution in [1.29, 1.82) is 0 Å². The van der Waals surface area contributed by atoms with Gasteiger partial charge in [0, 0.05) is 48.3 Å². The number of hydrogen-bond acceptors (Lipinski definition) is 10. The molecule has 0 radical (unpaired) electrons. The number of rotatable bonds is 5. The second-order valence-corrected chi connectivity index (χ2v) is 26.4. The topological polar surface area (TPSA) is 184 Å². The molecule has 18 heteroatoms. The van der Waals surface area contributed by atoms with Crippen LogP contribution in [0.15, 0.2) is 58.1 Å². The van der Waals surface area contributed by atoms with Crippen LogP contribution in [0.25, 0.3) is 22.1 Å². The third-order valence-electron chi connectivity index (χ3n) is 20.1. The third kappa shape index (κ3) is 12.2. The van der Waals surface area contributed by atoms with Crippen LogP contribution in [0.5, 0.6) is 0 Å². The Bertz CT molecular complexity index is 3050. The molecule has 8 heterocycles. The standard InChI is InChI=1S/C30H39N5O3.C25H32ClN3O.C5H8N2O2.3CH4.Na.H/c1-30(2)28(37)35(29(38)32-30)26-27(36)34(25-12-4-3-11-24(25)31-26)23-16-20-9-6-10-21(17-23)33(20)22-14-18-7-5-8-19(13-18)15-22;26-24-25(30)29(23-10-2-1-9-22(23)27-24)21-14-18-7-4-8-19(15-21)28(18)20-12-16-5-3-6-17(11-16)13-20;1-5(2)3(8)6-4(9)7-5;;;;;/h3-4,11-12,18-23H,5-10,13-17H2,1-2H3,(H,32,38);1-2,9-10,16-21H,3-8,11-15H2;1-2H3,(H2,6,7,8,9);3*1H4;;/q;;;;;;+1;-1/t18-,19+,20-,21+,22?,23?;16-,17+,18-,19+,20?,21?;;;;;;. The Balaban J connectivity index is 0.000000198. The molecule has 12 atom stereocenters. The number of carbonyl (C=O) groups excluding carboxylic acids is 4. The van der Waals surface area contributed by atoms with E-state index in [2.05, 4.69) is 35.7 Å². The van der Waals surface area contributed by atoms with Gasteiger partial charge in [0.1, 0.15) is 11.1 Å². The number of amides is 6. The summed E-state index contributed by atoms with van der Waals surface area (Å²) in [6, 6.07) is 18.5. The van der Waals surface area contributed by atoms with Gasteiger partial charge in [-0.15, -0.1) is 0 Å². The van der Waals surface area contributed by atoms with Gasteiger partial charge in [-0.05, 0) is 166 Å². The fraction of sp³-hybridized carbons (Fsp3) is 0.683. The van der Waals surface area contributed by atoms with E-state index in [0.29, 0.717) is 35.7 Å². The first kappa shape index (κ1) is 62.8. The van der Waals surface area contributed by atoms with E-state index in [9.17, 15) is 28.8 Å². The van der Waals surface area contributed by atoms with Gasteiger partial charge in [0.25, 0.3) is 22.9 Å². The molecule has 10 fully saturated rings. The van der Waals surface area contributed by atoms with Gasteiger partial charge in [0.2, 0.25) is 5.82 Å². The van der Waals surface area contributed by atoms with E-state index in [0.717, 1.165) is 76.8 Å². The molecule has 438 valence electrons. The minimum Gasteiger partial charge on any atom is -1.00 e. The molecule has 0 spiro atoms. The number of piperidine rings is 4. The Morgan fingerprint density at radius 2 is 0.901 bits per heavy atom. The zero-order valence-corrected chi connectivity index (χ0v) is 49.3. The van der Waals surface area contributed by atoms with E-state index in [4.69, 9.17) is 11.6 Å². The Labute approximate surface area is 508 Å². The Morgan fingerprint density at radius 1 is 0.494 bits per heavy atom. The number of aromatic nitrogens is 4. The van der Waals surface area contributed by atoms with Gasteiger partial charge in [-0.1, -0.05) is 110 Å². The zero-order chi connectivity index (χ0) is 53.5. The largest absolute Gasteiger partial charge is 1.00 e. The van der Waals surface area contributed by atoms with Crippen LogP contribution < -0.4 is 61.5 Å². The number of anilines is 1. The van der Waals surface area contributed by atoms with Crippen molar-refractivity contribution in [3.05, 3.63) is 74.4 Å². The first-order valence-corrected chi connectivity index (χ1v) is 29.9. The maximum Gasteiger partial charge on any atom is 1.00 e. The molecule has 6 aliphatic heterocycles. The molecule has 8 bridgehead atoms. The molecule has 4 saturated carbocycles. The van der Waals surface area contributed by atoms with Gasteiger partial charge >= 0.3 is 41.6 Å². The molecule has 6 saturated heterocycles. The van der Waals surface area contributed by atoms with Gasteiger partial charge in [-0.2, -0.15) is 0 Å². The molecule has 14 rings (SSSR count). The number of para-hydroxylation sites is 4. The van der Waals surface area contributed by atoms with Gasteiger partial charge in [0.05, 0.1) is 22.1 Å². The van der Waals surface area contributed by atoms with Crippen molar-refractivity contribution in [1.82, 2.24) is 44.9 Å². The zero-order valence-electron chi connectivity index (χ0n) is 47.6. The fourth-order valence-corrected chi connectivity index (χ4v) is 17.2. The minimum atomic E-state index is -1.07. The smallest absolute Gasteiger partial charge is 1.00 e. The number of halogens is 1. The summed E-state index contributed by atoms with van der Waals surface area (Å²) in [7, 11) is 0. The molecule has 4 unspecified atom stereocenters. The average molecular weight is 1140 g/mol. The number of imide groups is 2. The molecule has 3 N–H and O–H groups in total. The number of urea groups is 2. The molecular formula is C63H92ClN10NaO6. The van der Waals surface area contributed by atoms with Crippen molar-refractivity contribution in [2.45, 2.75) is 251 Å². The summed E-state index contributed by atoms with van der Waals surface area (Å²) in [6.07, 6.45) is 28.6. The monoisotopic (exact) mass is 1140 g/mol. The fourth-order valence-electron chi connectivity index (χ4n) is 17.0. The van der Waals surface area contributed by atoms with Crippen LogP contribution in [-0.4, -0.2) is 100 Å². The summed E-state index contributed by atoms with van der Waals surface area (Å²) in [5.74, 6) is 2.93. The molecule has 4 aromatic rings. The maximum absolute atomic E-state index is 14.1. The molecule has 6 amide bonds. The summed E-state index contributed by atoms with van der Waals surface area (Å²) in [6.45, 7) is 6.60. The van der Waals surface area contributed by atoms with E-state index in [1.165, 1.54) is 116 Å². The van der Waals surface area contributed by atoms with Crippen LogP contribution in [0.1, 0.15) is 205 Å². The Hall–Kier alpha value is -4.19. The van der Waals surface area contributed by atoms with Gasteiger partial charge in [-0.25, -0.2) is 24.5 Å². The molecule has 4 aliphatic carbocycles. The van der Waals surface area contributed by atoms with Gasteiger partial charge in [0.15, 0.2) is 5.15 Å². The first-order chi connectivity index (χ1) is 37.0. The normalized spacial score (nSPS) is 32.6. The molecule has 2 aromatic carbocycles. The van der Waals surface area contributed by atoms with E-state index in [1.807, 2.05) is 57.7 Å². The summed E-state index contributed by atoms with van der Waals surface area (Å²) in [4.78, 5) is 90.0. The van der Waals surface area contributed by atoms with Crippen molar-refractivity contribution < 1.29 is 50.2 Å². The third-order valence-corrected chi connectivity index (χ3v) is 20.4. The van der Waals surface area contributed by atoms with E-state index in [1.54, 1.807) is 27.7 Å². The predicted octanol–water partition coefficient (Wildman–Crippen LogP) is 8.96. The second-order valence-electron chi connectivity index (χ2n) is 26.1. The van der Waals surface area contributed by atoms with Crippen LogP contribution in [0.2, 0.25) is 5.15 Å². The van der Waals surface area contributed by atoms with E-state index >= 15 is 0 Å². The number of nitrogens with zero attached hydrogens (tertiary/aromatic N) is 7. The van der Waals surface area contributed by atoms with Crippen molar-refractivity contribution in [2.24, 2.45) is 23.7 Å². The Morgan fingerprint density at radius 3 is 1.28 bits per heavy atom. The van der Waals surface area contributed by atoms with Crippen LogP contribution >= 0.6 is 11.6 Å². The second kappa shape index (κ2) is 25.2. The summed E-state index contributed by atoms with van der Waals surface area (Å²) in [5, 5.41) is 7.37. The summed E-state index contributed by atoms with van der Waals surface area (Å²) < 4.78 is 3.87. The van der Waals surface area contributed by atoms with Gasteiger partial charge < -0.3 is 21.2 Å². The van der Waals surface area contributed by atoms with Crippen molar-refractivity contribution in [2.75, 3.05) is 4.90 Å². The maximum atomic E-state index is 14.1. The van der Waals surface area contributed by atoms with E-state index < -0.39 is 29.0 Å². The average Bonchev–Trinajstić information content (AvgIpc) is 3.59. The molecule has 16 nitrogen and oxygen atoms in total. The van der Waals surface area contributed by atoms with Crippen molar-refractivity contribution >= 4 is 63.4 Å². The molecular weight excluding hydrogens is 1050 g/mol. The van der Waals surface area contributed by atoms with Crippen LogP contribution in [0.4, 0.5) is 15.4 Å². The minimum absolute atomic E-state index is 0. The quantitative estimate of drug-likeness (QED) is 0.129. The Kier molecular flexibility index (Phi) is 19.5. The van der Waals surface area contributed by atoms with Crippen LogP contribution in [0, 0.1) is 23.7 Å². The van der Waals surface area contributed by atoms with Crippen molar-refractivity contribution in [3.8, 4) is 0 Å². The number of carbonyl (C=O) groups is 4. The summed E-state index contributed by atoms with van der Waals surface area (Å²) >= 11 is 6.28. The van der Waals surface area contributed by atoms with Gasteiger partial charge in [-0.3, -0.25) is 34.3 Å². The molecule has 81 heavy (non-hydrogen) atoms. The predicted molar refractivity (Wildman–Crippen MR) is 319 cm³/mol. The van der Waals surface area contributed by atoms with E-state index in [-0.39, 0.29) is 93.3 Å². The number of benzene rings is 2. The van der Waals surface area contributed by atoms with Crippen LogP contribution in [0.3, 0.4) is 0 Å². The molecule has 10 aliphatic rings. The van der Waals surface area contributed by atoms with Crippen molar-refractivity contribution in [3.63, 3.8) is 0 Å². The number of fused-ring (bicyclic) bond motifs is 10. The number of hydrogen-bond donors (Lipinski definition) is 3. The van der Waals surface area contributed by atoms with Crippen LogP contribution in [-0.2, 0) is 9.59 Å².